The molecule has 34 heavy (non-hydrogen) atoms. The largest absolute Gasteiger partial charge is 0.481 e. The molecule has 0 saturated carbocycles. The zero-order valence-corrected chi connectivity index (χ0v) is 19.8. The number of carboxylic acids is 1. The van der Waals surface area contributed by atoms with Crippen molar-refractivity contribution in [1.29, 1.82) is 0 Å². The maximum atomic E-state index is 12.8. The lowest BCUT2D eigenvalue weighted by Gasteiger charge is -2.08. The van der Waals surface area contributed by atoms with Gasteiger partial charge in [-0.25, -0.2) is 13.4 Å². The average molecular weight is 492 g/mol. The number of para-hydroxylation sites is 1. The molecular weight excluding hydrogens is 470 g/mol. The second kappa shape index (κ2) is 9.98. The second-order valence-corrected chi connectivity index (χ2v) is 10.4. The summed E-state index contributed by atoms with van der Waals surface area (Å²) in [7, 11) is -3.46. The molecule has 0 aliphatic heterocycles. The van der Waals surface area contributed by atoms with E-state index in [0.717, 1.165) is 34.6 Å². The maximum absolute atomic E-state index is 12.8. The lowest BCUT2D eigenvalue weighted by molar-refractivity contribution is -0.134. The van der Waals surface area contributed by atoms with E-state index in [1.807, 2.05) is 65.5 Å². The molecule has 3 heterocycles. The first-order chi connectivity index (χ1) is 16.3. The Labute approximate surface area is 200 Å². The fourth-order valence-corrected chi connectivity index (χ4v) is 5.73. The van der Waals surface area contributed by atoms with Gasteiger partial charge >= 0.3 is 0 Å². The molecule has 5 rings (SSSR count). The van der Waals surface area contributed by atoms with Crippen molar-refractivity contribution in [3.8, 4) is 16.9 Å². The van der Waals surface area contributed by atoms with Gasteiger partial charge in [-0.15, -0.1) is 11.3 Å². The Bertz CT molecular complexity index is 1520. The molecule has 0 aliphatic rings. The van der Waals surface area contributed by atoms with E-state index in [1.54, 1.807) is 29.9 Å². The standard InChI is InChI=1S/C23H17N3O2S2.C2H4O2/c27-30(28,16-22-24-11-13-29-22)20-6-7-21-17(14-20)8-10-25-23(21)18-9-12-26(15-18)19-4-2-1-3-5-19;1-2(3)4/h1-15H,16H2;1H3,(H,3,4). The van der Waals surface area contributed by atoms with Crippen molar-refractivity contribution in [3.05, 3.63) is 95.8 Å². The van der Waals surface area contributed by atoms with Crippen molar-refractivity contribution in [1.82, 2.24) is 14.5 Å². The Kier molecular flexibility index (Phi) is 6.85. The minimum absolute atomic E-state index is 0.0892. The molecule has 1 N–H and O–H groups in total. The number of aliphatic carboxylic acids is 1. The monoisotopic (exact) mass is 491 g/mol. The van der Waals surface area contributed by atoms with Crippen LogP contribution in [0.15, 0.2) is 95.7 Å². The predicted molar refractivity (Wildman–Crippen MR) is 133 cm³/mol. The fourth-order valence-electron chi connectivity index (χ4n) is 3.45. The molecular formula is C25H21N3O4S2. The summed E-state index contributed by atoms with van der Waals surface area (Å²) in [6, 6.07) is 19.1. The normalized spacial score (nSPS) is 11.1. The number of benzene rings is 2. The third kappa shape index (κ3) is 5.38. The molecule has 0 unspecified atom stereocenters. The Hall–Kier alpha value is -3.82. The molecule has 3 aromatic heterocycles. The van der Waals surface area contributed by atoms with E-state index in [2.05, 4.69) is 9.97 Å². The van der Waals surface area contributed by atoms with E-state index in [1.165, 1.54) is 11.3 Å². The molecule has 0 aliphatic carbocycles. The van der Waals surface area contributed by atoms with Crippen LogP contribution in [0.4, 0.5) is 0 Å². The van der Waals surface area contributed by atoms with Crippen molar-refractivity contribution in [2.45, 2.75) is 17.6 Å². The van der Waals surface area contributed by atoms with Crippen LogP contribution in [-0.2, 0) is 20.4 Å². The van der Waals surface area contributed by atoms with Gasteiger partial charge in [0.2, 0.25) is 0 Å². The number of aromatic nitrogens is 3. The highest BCUT2D eigenvalue weighted by Gasteiger charge is 2.18. The Balaban J connectivity index is 0.000000636. The first kappa shape index (κ1) is 23.3. The highest BCUT2D eigenvalue weighted by Crippen LogP contribution is 2.30. The molecule has 0 saturated heterocycles. The molecule has 0 fully saturated rings. The first-order valence-electron chi connectivity index (χ1n) is 10.3. The SMILES string of the molecule is CC(=O)O.O=S(=O)(Cc1nccs1)c1ccc2c(-c3ccn(-c4ccccc4)c3)nccc2c1. The molecule has 0 amide bonds. The van der Waals surface area contributed by atoms with Crippen molar-refractivity contribution in [3.63, 3.8) is 0 Å². The molecule has 0 radical (unpaired) electrons. The summed E-state index contributed by atoms with van der Waals surface area (Å²) in [6.45, 7) is 1.08. The zero-order chi connectivity index (χ0) is 24.1. The van der Waals surface area contributed by atoms with E-state index < -0.39 is 15.8 Å². The Morgan fingerprint density at radius 1 is 1.03 bits per heavy atom. The van der Waals surface area contributed by atoms with Crippen molar-refractivity contribution in [2.24, 2.45) is 0 Å². The van der Waals surface area contributed by atoms with Gasteiger partial charge in [0.25, 0.3) is 5.97 Å². The number of carbonyl (C=O) groups is 1. The molecule has 172 valence electrons. The second-order valence-electron chi connectivity index (χ2n) is 7.39. The van der Waals surface area contributed by atoms with Gasteiger partial charge < -0.3 is 9.67 Å². The van der Waals surface area contributed by atoms with Gasteiger partial charge in [-0.1, -0.05) is 24.3 Å². The molecule has 0 atom stereocenters. The van der Waals surface area contributed by atoms with E-state index >= 15 is 0 Å². The number of hydrogen-bond donors (Lipinski definition) is 1. The summed E-state index contributed by atoms with van der Waals surface area (Å²) >= 11 is 1.35. The lowest BCUT2D eigenvalue weighted by Crippen LogP contribution is -2.04. The highest BCUT2D eigenvalue weighted by molar-refractivity contribution is 7.90. The number of fused-ring (bicyclic) bond motifs is 1. The summed E-state index contributed by atoms with van der Waals surface area (Å²) in [5.74, 6) is -0.923. The third-order valence-corrected chi connectivity index (χ3v) is 7.50. The number of sulfone groups is 1. The van der Waals surface area contributed by atoms with E-state index in [0.29, 0.717) is 9.90 Å². The highest BCUT2D eigenvalue weighted by atomic mass is 32.2. The predicted octanol–water partition coefficient (Wildman–Crippen LogP) is 5.21. The van der Waals surface area contributed by atoms with Crippen LogP contribution in [0.2, 0.25) is 0 Å². The molecule has 7 nitrogen and oxygen atoms in total. The van der Waals surface area contributed by atoms with Crippen LogP contribution in [-0.4, -0.2) is 34.0 Å². The van der Waals surface area contributed by atoms with Crippen LogP contribution in [0.25, 0.3) is 27.7 Å². The lowest BCUT2D eigenvalue weighted by atomic mass is 10.1. The number of thiazole rings is 1. The number of rotatable bonds is 5. The summed E-state index contributed by atoms with van der Waals surface area (Å²) in [5.41, 5.74) is 2.87. The topological polar surface area (TPSA) is 102 Å². The minimum atomic E-state index is -3.46. The molecule has 0 spiro atoms. The Morgan fingerprint density at radius 3 is 2.50 bits per heavy atom. The van der Waals surface area contributed by atoms with Gasteiger partial charge in [-0.3, -0.25) is 9.78 Å². The number of carboxylic acid groups (broad SMARTS) is 1. The van der Waals surface area contributed by atoms with Gasteiger partial charge in [0, 0.05) is 53.7 Å². The van der Waals surface area contributed by atoms with Crippen molar-refractivity contribution >= 4 is 37.9 Å². The summed E-state index contributed by atoms with van der Waals surface area (Å²) in [5, 5.41) is 11.5. The van der Waals surface area contributed by atoms with Gasteiger partial charge in [-0.05, 0) is 41.8 Å². The summed E-state index contributed by atoms with van der Waals surface area (Å²) in [6.07, 6.45) is 7.37. The molecule has 9 heteroatoms. The summed E-state index contributed by atoms with van der Waals surface area (Å²) in [4.78, 5) is 18.0. The van der Waals surface area contributed by atoms with Crippen LogP contribution < -0.4 is 0 Å². The van der Waals surface area contributed by atoms with Crippen LogP contribution in [0.5, 0.6) is 0 Å². The number of pyridine rings is 1. The number of nitrogens with zero attached hydrogens (tertiary/aromatic N) is 3. The van der Waals surface area contributed by atoms with Gasteiger partial charge in [0.05, 0.1) is 10.6 Å². The number of hydrogen-bond acceptors (Lipinski definition) is 6. The van der Waals surface area contributed by atoms with Gasteiger partial charge in [0.15, 0.2) is 9.84 Å². The van der Waals surface area contributed by atoms with Crippen LogP contribution in [0, 0.1) is 0 Å². The van der Waals surface area contributed by atoms with E-state index in [4.69, 9.17) is 9.90 Å². The average Bonchev–Trinajstić information content (AvgIpc) is 3.51. The smallest absolute Gasteiger partial charge is 0.300 e. The zero-order valence-electron chi connectivity index (χ0n) is 18.2. The first-order valence-corrected chi connectivity index (χ1v) is 12.8. The fraction of sp³-hybridized carbons (Fsp3) is 0.0800. The van der Waals surface area contributed by atoms with Crippen LogP contribution in [0.3, 0.4) is 0 Å². The molecule has 2 aromatic carbocycles. The maximum Gasteiger partial charge on any atom is 0.300 e. The summed E-state index contributed by atoms with van der Waals surface area (Å²) < 4.78 is 27.7. The van der Waals surface area contributed by atoms with E-state index in [9.17, 15) is 8.42 Å². The molecule has 0 bridgehead atoms. The minimum Gasteiger partial charge on any atom is -0.481 e. The van der Waals surface area contributed by atoms with Crippen molar-refractivity contribution < 1.29 is 18.3 Å². The molecule has 5 aromatic rings. The van der Waals surface area contributed by atoms with Crippen LogP contribution >= 0.6 is 11.3 Å². The Morgan fingerprint density at radius 2 is 1.79 bits per heavy atom. The van der Waals surface area contributed by atoms with Gasteiger partial charge in [0.1, 0.15) is 10.8 Å². The van der Waals surface area contributed by atoms with Crippen molar-refractivity contribution in [2.75, 3.05) is 0 Å². The van der Waals surface area contributed by atoms with Gasteiger partial charge in [-0.2, -0.15) is 0 Å². The van der Waals surface area contributed by atoms with Crippen LogP contribution in [0.1, 0.15) is 11.9 Å². The third-order valence-electron chi connectivity index (χ3n) is 4.91. The van der Waals surface area contributed by atoms with E-state index in [-0.39, 0.29) is 5.75 Å². The quantitative estimate of drug-likeness (QED) is 0.362.